The number of benzene rings is 2. The van der Waals surface area contributed by atoms with Crippen LogP contribution < -0.4 is 9.62 Å². The fourth-order valence-corrected chi connectivity index (χ4v) is 4.49. The Morgan fingerprint density at radius 3 is 2.54 bits per heavy atom. The lowest BCUT2D eigenvalue weighted by molar-refractivity contribution is 0.102. The molecule has 0 atom stereocenters. The number of aromatic nitrogens is 2. The number of nitrogens with zero attached hydrogens (tertiary/aromatic N) is 3. The van der Waals surface area contributed by atoms with E-state index in [-0.39, 0.29) is 9.47 Å². The number of hydrogen-bond donors (Lipinski definition) is 1. The smallest absolute Gasteiger partial charge is 0.293 e. The van der Waals surface area contributed by atoms with E-state index in [1.807, 2.05) is 0 Å². The summed E-state index contributed by atoms with van der Waals surface area (Å²) in [5.41, 5.74) is 0.825. The molecule has 134 valence electrons. The van der Waals surface area contributed by atoms with Crippen LogP contribution in [0.5, 0.6) is 0 Å². The molecule has 1 amide bonds. The molecule has 0 aliphatic rings. The molecule has 0 fully saturated rings. The first-order valence-corrected chi connectivity index (χ1v) is 9.96. The summed E-state index contributed by atoms with van der Waals surface area (Å²) in [5.74, 6) is -0.455. The Morgan fingerprint density at radius 2 is 1.85 bits per heavy atom. The number of hydrogen-bond acceptors (Lipinski definition) is 6. The van der Waals surface area contributed by atoms with Crippen molar-refractivity contribution in [2.24, 2.45) is 0 Å². The van der Waals surface area contributed by atoms with E-state index in [1.54, 1.807) is 48.5 Å². The molecule has 0 spiro atoms. The third-order valence-electron chi connectivity index (χ3n) is 3.41. The summed E-state index contributed by atoms with van der Waals surface area (Å²) >= 11 is 6.63. The average Bonchev–Trinajstić information content (AvgIpc) is 3.11. The summed E-state index contributed by atoms with van der Waals surface area (Å²) in [6.45, 7) is 0. The van der Waals surface area contributed by atoms with Gasteiger partial charge in [-0.1, -0.05) is 47.2 Å². The van der Waals surface area contributed by atoms with E-state index in [1.165, 1.54) is 13.1 Å². The van der Waals surface area contributed by atoms with Crippen molar-refractivity contribution in [1.29, 1.82) is 0 Å². The van der Waals surface area contributed by atoms with E-state index in [0.29, 0.717) is 16.3 Å². The zero-order chi connectivity index (χ0) is 18.7. The molecule has 0 unspecified atom stereocenters. The molecule has 10 heteroatoms. The Morgan fingerprint density at radius 1 is 1.12 bits per heavy atom. The number of sulfonamides is 1. The standard InChI is InChI=1S/C16H13ClN4O3S2/c1-21(13-8-3-2-4-9-13)26(23,24)16-20-19-15(25-16)18-14(22)11-6-5-7-12(17)10-11/h2-10H,1H3,(H,18,19,22). The number of halogens is 1. The number of para-hydroxylation sites is 1. The summed E-state index contributed by atoms with van der Waals surface area (Å²) in [6.07, 6.45) is 0. The molecule has 0 aliphatic carbocycles. The van der Waals surface area contributed by atoms with Gasteiger partial charge in [-0.3, -0.25) is 14.4 Å². The topological polar surface area (TPSA) is 92.3 Å². The predicted molar refractivity (Wildman–Crippen MR) is 101 cm³/mol. The zero-order valence-corrected chi connectivity index (χ0v) is 15.8. The Bertz CT molecular complexity index is 1040. The second kappa shape index (κ2) is 7.40. The molecule has 26 heavy (non-hydrogen) atoms. The second-order valence-electron chi connectivity index (χ2n) is 5.15. The first-order valence-electron chi connectivity index (χ1n) is 7.32. The van der Waals surface area contributed by atoms with Crippen LogP contribution in [0.4, 0.5) is 10.8 Å². The van der Waals surface area contributed by atoms with E-state index in [9.17, 15) is 13.2 Å². The molecular weight excluding hydrogens is 396 g/mol. The molecule has 2 aromatic carbocycles. The van der Waals surface area contributed by atoms with Gasteiger partial charge in [-0.25, -0.2) is 0 Å². The number of anilines is 2. The van der Waals surface area contributed by atoms with Crippen LogP contribution in [0.2, 0.25) is 5.02 Å². The summed E-state index contributed by atoms with van der Waals surface area (Å²) < 4.78 is 26.2. The van der Waals surface area contributed by atoms with Crippen molar-refractivity contribution in [3.05, 3.63) is 65.2 Å². The van der Waals surface area contributed by atoms with E-state index >= 15 is 0 Å². The van der Waals surface area contributed by atoms with E-state index in [0.717, 1.165) is 15.6 Å². The highest BCUT2D eigenvalue weighted by Gasteiger charge is 2.26. The molecule has 3 rings (SSSR count). The van der Waals surface area contributed by atoms with Gasteiger partial charge in [0.25, 0.3) is 20.3 Å². The predicted octanol–water partition coefficient (Wildman–Crippen LogP) is 3.27. The molecule has 0 bridgehead atoms. The molecule has 3 aromatic rings. The van der Waals surface area contributed by atoms with Gasteiger partial charge in [-0.15, -0.1) is 10.2 Å². The summed E-state index contributed by atoms with van der Waals surface area (Å²) in [7, 11) is -2.45. The highest BCUT2D eigenvalue weighted by Crippen LogP contribution is 2.26. The van der Waals surface area contributed by atoms with Gasteiger partial charge in [0.1, 0.15) is 0 Å². The van der Waals surface area contributed by atoms with E-state index in [2.05, 4.69) is 15.5 Å². The lowest BCUT2D eigenvalue weighted by atomic mass is 10.2. The number of carbonyl (C=O) groups is 1. The van der Waals surface area contributed by atoms with Crippen LogP contribution in [-0.2, 0) is 10.0 Å². The summed E-state index contributed by atoms with van der Waals surface area (Å²) in [4.78, 5) is 12.2. The summed E-state index contributed by atoms with van der Waals surface area (Å²) in [6, 6.07) is 15.0. The van der Waals surface area contributed by atoms with Gasteiger partial charge >= 0.3 is 0 Å². The minimum absolute atomic E-state index is 0.0787. The molecular formula is C16H13ClN4O3S2. The summed E-state index contributed by atoms with van der Waals surface area (Å²) in [5, 5.41) is 10.5. The largest absolute Gasteiger partial charge is 0.296 e. The Balaban J connectivity index is 1.80. The fraction of sp³-hybridized carbons (Fsp3) is 0.0625. The molecule has 0 saturated heterocycles. The first-order chi connectivity index (χ1) is 12.4. The Labute approximate surface area is 159 Å². The second-order valence-corrected chi connectivity index (χ2v) is 8.70. The van der Waals surface area contributed by atoms with Crippen molar-refractivity contribution in [2.75, 3.05) is 16.7 Å². The molecule has 1 N–H and O–H groups in total. The van der Waals surface area contributed by atoms with Gasteiger partial charge in [-0.05, 0) is 30.3 Å². The van der Waals surface area contributed by atoms with Crippen LogP contribution in [0.3, 0.4) is 0 Å². The van der Waals surface area contributed by atoms with Crippen molar-refractivity contribution in [2.45, 2.75) is 4.34 Å². The fourth-order valence-electron chi connectivity index (χ4n) is 2.06. The zero-order valence-electron chi connectivity index (χ0n) is 13.5. The van der Waals surface area contributed by atoms with Crippen LogP contribution in [-0.4, -0.2) is 31.6 Å². The van der Waals surface area contributed by atoms with Crippen LogP contribution in [0, 0.1) is 0 Å². The maximum Gasteiger partial charge on any atom is 0.293 e. The minimum Gasteiger partial charge on any atom is -0.296 e. The van der Waals surface area contributed by atoms with Crippen LogP contribution >= 0.6 is 22.9 Å². The van der Waals surface area contributed by atoms with Crippen molar-refractivity contribution in [1.82, 2.24) is 10.2 Å². The molecule has 0 aliphatic heterocycles. The molecule has 7 nitrogen and oxygen atoms in total. The van der Waals surface area contributed by atoms with E-state index in [4.69, 9.17) is 11.6 Å². The Hall–Kier alpha value is -2.49. The SMILES string of the molecule is CN(c1ccccc1)S(=O)(=O)c1nnc(NC(=O)c2cccc(Cl)c2)s1. The average molecular weight is 409 g/mol. The van der Waals surface area contributed by atoms with E-state index < -0.39 is 15.9 Å². The van der Waals surface area contributed by atoms with Gasteiger partial charge in [-0.2, -0.15) is 8.42 Å². The first kappa shape index (κ1) is 18.3. The van der Waals surface area contributed by atoms with Crippen LogP contribution in [0.1, 0.15) is 10.4 Å². The molecule has 0 radical (unpaired) electrons. The number of rotatable bonds is 5. The van der Waals surface area contributed by atoms with Crippen molar-refractivity contribution in [3.63, 3.8) is 0 Å². The third kappa shape index (κ3) is 3.85. The van der Waals surface area contributed by atoms with Crippen molar-refractivity contribution < 1.29 is 13.2 Å². The van der Waals surface area contributed by atoms with Crippen molar-refractivity contribution >= 4 is 49.7 Å². The highest BCUT2D eigenvalue weighted by molar-refractivity contribution is 7.94. The van der Waals surface area contributed by atoms with Gasteiger partial charge in [0.05, 0.1) is 5.69 Å². The third-order valence-corrected chi connectivity index (χ3v) is 6.62. The molecule has 1 aromatic heterocycles. The molecule has 1 heterocycles. The normalized spacial score (nSPS) is 11.2. The van der Waals surface area contributed by atoms with Gasteiger partial charge in [0, 0.05) is 17.6 Å². The number of amides is 1. The lowest BCUT2D eigenvalue weighted by Gasteiger charge is -2.16. The van der Waals surface area contributed by atoms with Gasteiger partial charge in [0.2, 0.25) is 5.13 Å². The van der Waals surface area contributed by atoms with Crippen molar-refractivity contribution in [3.8, 4) is 0 Å². The maximum absolute atomic E-state index is 12.7. The number of carbonyl (C=O) groups excluding carboxylic acids is 1. The Kier molecular flexibility index (Phi) is 5.21. The molecule has 0 saturated carbocycles. The quantitative estimate of drug-likeness (QED) is 0.654. The van der Waals surface area contributed by atoms with Gasteiger partial charge < -0.3 is 0 Å². The minimum atomic E-state index is -3.87. The van der Waals surface area contributed by atoms with Crippen LogP contribution in [0.15, 0.2) is 58.9 Å². The lowest BCUT2D eigenvalue weighted by Crippen LogP contribution is -2.26. The van der Waals surface area contributed by atoms with Crippen LogP contribution in [0.25, 0.3) is 0 Å². The monoisotopic (exact) mass is 408 g/mol. The maximum atomic E-state index is 12.7. The van der Waals surface area contributed by atoms with Gasteiger partial charge in [0.15, 0.2) is 0 Å². The number of nitrogens with one attached hydrogen (secondary N) is 1. The highest BCUT2D eigenvalue weighted by atomic mass is 35.5.